The summed E-state index contributed by atoms with van der Waals surface area (Å²) in [5.41, 5.74) is 0.869. The third-order valence-corrected chi connectivity index (χ3v) is 7.54. The summed E-state index contributed by atoms with van der Waals surface area (Å²) in [4.78, 5) is 16.1. The Morgan fingerprint density at radius 1 is 1.17 bits per heavy atom. The molecule has 1 atom stereocenters. The molecule has 2 aromatic heterocycles. The molecule has 0 amide bonds. The van der Waals surface area contributed by atoms with Crippen molar-refractivity contribution in [3.63, 3.8) is 0 Å². The number of pyridine rings is 1. The Labute approximate surface area is 208 Å². The highest BCUT2D eigenvalue weighted by Crippen LogP contribution is 2.41. The van der Waals surface area contributed by atoms with E-state index in [1.807, 2.05) is 20.8 Å². The summed E-state index contributed by atoms with van der Waals surface area (Å²) in [6, 6.07) is 5.97. The lowest BCUT2D eigenvalue weighted by atomic mass is 9.94. The van der Waals surface area contributed by atoms with Crippen molar-refractivity contribution >= 4 is 27.5 Å². The van der Waals surface area contributed by atoms with Crippen LogP contribution in [-0.4, -0.2) is 45.4 Å². The van der Waals surface area contributed by atoms with Crippen molar-refractivity contribution in [2.45, 2.75) is 51.6 Å². The maximum Gasteiger partial charge on any atom is 0.175 e. The van der Waals surface area contributed by atoms with Crippen LogP contribution in [0.15, 0.2) is 30.5 Å². The zero-order valence-electron chi connectivity index (χ0n) is 20.6. The Bertz CT molecular complexity index is 1520. The van der Waals surface area contributed by atoms with E-state index in [9.17, 15) is 9.50 Å². The number of aromatic hydroxyl groups is 1. The minimum absolute atomic E-state index is 0.0110. The van der Waals surface area contributed by atoms with Gasteiger partial charge in [0.1, 0.15) is 34.4 Å². The molecule has 1 unspecified atom stereocenters. The van der Waals surface area contributed by atoms with E-state index in [0.717, 1.165) is 26.0 Å². The average molecular weight is 491 g/mol. The molecule has 4 heterocycles. The van der Waals surface area contributed by atoms with Crippen molar-refractivity contribution in [2.24, 2.45) is 0 Å². The molecular formula is C28H28F2N4O2. The van der Waals surface area contributed by atoms with Crippen LogP contribution in [0.2, 0.25) is 0 Å². The van der Waals surface area contributed by atoms with Crippen molar-refractivity contribution in [1.29, 1.82) is 0 Å². The molecule has 2 aromatic carbocycles. The van der Waals surface area contributed by atoms with Crippen LogP contribution in [-0.2, 0) is 11.2 Å². The quantitative estimate of drug-likeness (QED) is 0.385. The molecule has 0 aliphatic carbocycles. The van der Waals surface area contributed by atoms with E-state index in [0.29, 0.717) is 51.9 Å². The number of phenols is 1. The molecule has 4 aromatic rings. The monoisotopic (exact) mass is 490 g/mol. The van der Waals surface area contributed by atoms with Gasteiger partial charge in [-0.1, -0.05) is 26.8 Å². The van der Waals surface area contributed by atoms with Gasteiger partial charge in [-0.2, -0.15) is 0 Å². The fourth-order valence-electron chi connectivity index (χ4n) is 5.52. The second kappa shape index (κ2) is 8.34. The molecule has 2 aliphatic heterocycles. The summed E-state index contributed by atoms with van der Waals surface area (Å²) >= 11 is 0. The minimum atomic E-state index is -0.606. The molecule has 186 valence electrons. The van der Waals surface area contributed by atoms with Crippen LogP contribution >= 0.6 is 0 Å². The molecule has 36 heavy (non-hydrogen) atoms. The number of nitrogens with zero attached hydrogens (tertiary/aromatic N) is 4. The summed E-state index contributed by atoms with van der Waals surface area (Å²) in [6.45, 7) is 8.05. The minimum Gasteiger partial charge on any atom is -0.508 e. The highest BCUT2D eigenvalue weighted by molar-refractivity contribution is 6.01. The summed E-state index contributed by atoms with van der Waals surface area (Å²) in [5, 5.41) is 12.1. The molecule has 1 spiro atoms. The van der Waals surface area contributed by atoms with Gasteiger partial charge in [-0.15, -0.1) is 0 Å². The molecule has 6 rings (SSSR count). The predicted molar refractivity (Wildman–Crippen MR) is 135 cm³/mol. The van der Waals surface area contributed by atoms with Gasteiger partial charge in [0, 0.05) is 37.2 Å². The lowest BCUT2D eigenvalue weighted by molar-refractivity contribution is -0.130. The SMILES string of the molecule is CCc1c(F)ccc2cc(O)cc(-c3ncc4c(N5CCC6(CCO6)C5)nc(C(C)C)nc4c3F)c12. The third kappa shape index (κ3) is 3.50. The van der Waals surface area contributed by atoms with Crippen LogP contribution < -0.4 is 4.90 Å². The van der Waals surface area contributed by atoms with Crippen LogP contribution in [0.4, 0.5) is 14.6 Å². The van der Waals surface area contributed by atoms with Crippen LogP contribution in [0.3, 0.4) is 0 Å². The molecule has 6 nitrogen and oxygen atoms in total. The molecule has 0 saturated carbocycles. The van der Waals surface area contributed by atoms with E-state index >= 15 is 4.39 Å². The largest absolute Gasteiger partial charge is 0.508 e. The van der Waals surface area contributed by atoms with Crippen molar-refractivity contribution in [3.8, 4) is 17.0 Å². The Kier molecular flexibility index (Phi) is 5.33. The number of halogens is 2. The van der Waals surface area contributed by atoms with Gasteiger partial charge in [0.05, 0.1) is 17.6 Å². The molecular weight excluding hydrogens is 462 g/mol. The molecule has 8 heteroatoms. The Morgan fingerprint density at radius 3 is 2.64 bits per heavy atom. The van der Waals surface area contributed by atoms with Crippen molar-refractivity contribution in [2.75, 3.05) is 24.6 Å². The topological polar surface area (TPSA) is 71.4 Å². The number of benzene rings is 2. The Morgan fingerprint density at radius 2 is 1.97 bits per heavy atom. The first-order valence-corrected chi connectivity index (χ1v) is 12.5. The first-order valence-electron chi connectivity index (χ1n) is 12.5. The molecule has 2 aliphatic rings. The molecule has 0 radical (unpaired) electrons. The van der Waals surface area contributed by atoms with E-state index in [1.54, 1.807) is 18.3 Å². The van der Waals surface area contributed by atoms with E-state index in [1.165, 1.54) is 12.1 Å². The van der Waals surface area contributed by atoms with Crippen molar-refractivity contribution < 1.29 is 18.6 Å². The van der Waals surface area contributed by atoms with E-state index in [-0.39, 0.29) is 34.3 Å². The highest BCUT2D eigenvalue weighted by Gasteiger charge is 2.45. The normalized spacial score (nSPS) is 19.7. The van der Waals surface area contributed by atoms with Crippen LogP contribution in [0, 0.1) is 11.6 Å². The van der Waals surface area contributed by atoms with Gasteiger partial charge in [-0.05, 0) is 47.4 Å². The molecule has 2 saturated heterocycles. The molecule has 1 N–H and O–H groups in total. The van der Waals surface area contributed by atoms with Gasteiger partial charge in [-0.3, -0.25) is 4.98 Å². The van der Waals surface area contributed by atoms with Gasteiger partial charge in [-0.25, -0.2) is 18.7 Å². The van der Waals surface area contributed by atoms with Crippen molar-refractivity contribution in [3.05, 3.63) is 53.5 Å². The smallest absolute Gasteiger partial charge is 0.175 e. The second-order valence-corrected chi connectivity index (χ2v) is 10.2. The number of rotatable bonds is 4. The third-order valence-electron chi connectivity index (χ3n) is 7.54. The number of ether oxygens (including phenoxy) is 1. The van der Waals surface area contributed by atoms with Crippen molar-refractivity contribution in [1.82, 2.24) is 15.0 Å². The molecule has 2 fully saturated rings. The summed E-state index contributed by atoms with van der Waals surface area (Å²) in [5.74, 6) is 0.181. The number of hydrogen-bond acceptors (Lipinski definition) is 6. The number of aromatic nitrogens is 3. The maximum absolute atomic E-state index is 16.3. The lowest BCUT2D eigenvalue weighted by Crippen LogP contribution is -2.46. The second-order valence-electron chi connectivity index (χ2n) is 10.2. The van der Waals surface area contributed by atoms with Gasteiger partial charge in [0.25, 0.3) is 0 Å². The number of phenolic OH excluding ortho intramolecular Hbond substituents is 1. The van der Waals surface area contributed by atoms with E-state index in [4.69, 9.17) is 9.72 Å². The molecule has 0 bridgehead atoms. The summed E-state index contributed by atoms with van der Waals surface area (Å²) in [7, 11) is 0. The fraction of sp³-hybridized carbons (Fsp3) is 0.393. The lowest BCUT2D eigenvalue weighted by Gasteiger charge is -2.38. The highest BCUT2D eigenvalue weighted by atomic mass is 19.1. The Balaban J connectivity index is 1.59. The number of aryl methyl sites for hydroxylation is 1. The predicted octanol–water partition coefficient (Wildman–Crippen LogP) is 5.88. The number of anilines is 1. The fourth-order valence-corrected chi connectivity index (χ4v) is 5.52. The number of fused-ring (bicyclic) bond motifs is 2. The van der Waals surface area contributed by atoms with Crippen LogP contribution in [0.25, 0.3) is 32.9 Å². The summed E-state index contributed by atoms with van der Waals surface area (Å²) < 4.78 is 36.9. The number of hydrogen-bond donors (Lipinski definition) is 1. The van der Waals surface area contributed by atoms with Crippen LogP contribution in [0.1, 0.15) is 50.9 Å². The van der Waals surface area contributed by atoms with Crippen LogP contribution in [0.5, 0.6) is 5.75 Å². The first kappa shape index (κ1) is 23.0. The van der Waals surface area contributed by atoms with Gasteiger partial charge in [0.2, 0.25) is 0 Å². The van der Waals surface area contributed by atoms with Gasteiger partial charge < -0.3 is 14.7 Å². The van der Waals surface area contributed by atoms with Gasteiger partial charge in [0.15, 0.2) is 5.82 Å². The first-order chi connectivity index (χ1) is 17.3. The van der Waals surface area contributed by atoms with E-state index < -0.39 is 5.82 Å². The van der Waals surface area contributed by atoms with Gasteiger partial charge >= 0.3 is 0 Å². The Hall–Kier alpha value is -3.39. The average Bonchev–Trinajstić information content (AvgIpc) is 3.30. The maximum atomic E-state index is 16.3. The zero-order chi connectivity index (χ0) is 25.2. The standard InChI is InChI=1S/C28H28F2N4O2/c1-4-18-21(29)6-5-16-11-17(35)12-19(22(16)18)24-23(30)25-20(13-31-24)27(33-26(32-25)15(2)3)34-9-7-28(14-34)8-10-36-28/h5-6,11-13,15,35H,4,7-10,14H2,1-3H3. The zero-order valence-corrected chi connectivity index (χ0v) is 20.6. The van der Waals surface area contributed by atoms with E-state index in [2.05, 4.69) is 14.9 Å². The summed E-state index contributed by atoms with van der Waals surface area (Å²) in [6.07, 6.45) is 3.94.